The first-order chi connectivity index (χ1) is 15.5. The van der Waals surface area contributed by atoms with Crippen LogP contribution in [0.1, 0.15) is 36.0 Å². The molecule has 3 aromatic rings. The third-order valence-electron chi connectivity index (χ3n) is 5.60. The maximum absolute atomic E-state index is 13.5. The Morgan fingerprint density at radius 2 is 2.00 bits per heavy atom. The third-order valence-corrected chi connectivity index (χ3v) is 5.60. The van der Waals surface area contributed by atoms with E-state index in [1.807, 2.05) is 13.1 Å². The summed E-state index contributed by atoms with van der Waals surface area (Å²) in [5.74, 6) is -1.53. The summed E-state index contributed by atoms with van der Waals surface area (Å²) in [6, 6.07) is 10.3. The molecule has 0 aliphatic carbocycles. The smallest absolute Gasteiger partial charge is 0.255 e. The predicted octanol–water partition coefficient (Wildman–Crippen LogP) is 4.53. The molecule has 4 rings (SSSR count). The van der Waals surface area contributed by atoms with Crippen LogP contribution < -0.4 is 15.4 Å². The highest BCUT2D eigenvalue weighted by Gasteiger charge is 2.16. The summed E-state index contributed by atoms with van der Waals surface area (Å²) in [5, 5.41) is 10.4. The van der Waals surface area contributed by atoms with E-state index in [1.54, 1.807) is 29.1 Å². The van der Waals surface area contributed by atoms with Gasteiger partial charge in [-0.1, -0.05) is 6.42 Å². The number of hydrogen-bond acceptors (Lipinski definition) is 4. The van der Waals surface area contributed by atoms with Gasteiger partial charge < -0.3 is 15.4 Å². The highest BCUT2D eigenvalue weighted by molar-refractivity contribution is 6.04. The van der Waals surface area contributed by atoms with E-state index in [-0.39, 0.29) is 5.56 Å². The van der Waals surface area contributed by atoms with Crippen LogP contribution in [0.25, 0.3) is 11.3 Å². The number of rotatable bonds is 7. The van der Waals surface area contributed by atoms with Gasteiger partial charge in [-0.2, -0.15) is 5.10 Å². The van der Waals surface area contributed by atoms with Crippen molar-refractivity contribution in [3.8, 4) is 17.0 Å². The molecule has 0 bridgehead atoms. The SMILES string of the molecule is Cn1nccc1-c1cc(NC(=O)c2cc(F)cc(F)c2)ccc1OCCC1CCCCN1. The number of carbonyl (C=O) groups is 1. The third kappa shape index (κ3) is 5.31. The molecule has 1 aromatic heterocycles. The van der Waals surface area contributed by atoms with E-state index in [2.05, 4.69) is 15.7 Å². The fourth-order valence-corrected chi connectivity index (χ4v) is 3.94. The van der Waals surface area contributed by atoms with Crippen LogP contribution in [-0.4, -0.2) is 34.9 Å². The van der Waals surface area contributed by atoms with Crippen molar-refractivity contribution in [2.45, 2.75) is 31.7 Å². The van der Waals surface area contributed by atoms with Gasteiger partial charge >= 0.3 is 0 Å². The molecule has 1 amide bonds. The molecule has 0 spiro atoms. The number of aromatic nitrogens is 2. The highest BCUT2D eigenvalue weighted by atomic mass is 19.1. The van der Waals surface area contributed by atoms with Crippen LogP contribution in [0.5, 0.6) is 5.75 Å². The number of aryl methyl sites for hydroxylation is 1. The van der Waals surface area contributed by atoms with Gasteiger partial charge in [0.2, 0.25) is 0 Å². The summed E-state index contributed by atoms with van der Waals surface area (Å²) in [6.45, 7) is 1.62. The fourth-order valence-electron chi connectivity index (χ4n) is 3.94. The Bertz CT molecular complexity index is 1070. The van der Waals surface area contributed by atoms with E-state index >= 15 is 0 Å². The lowest BCUT2D eigenvalue weighted by atomic mass is 10.0. The van der Waals surface area contributed by atoms with Gasteiger partial charge in [0.25, 0.3) is 5.91 Å². The quantitative estimate of drug-likeness (QED) is 0.567. The largest absolute Gasteiger partial charge is 0.493 e. The maximum Gasteiger partial charge on any atom is 0.255 e. The van der Waals surface area contributed by atoms with E-state index in [0.717, 1.165) is 48.8 Å². The normalized spacial score (nSPS) is 16.0. The number of amides is 1. The summed E-state index contributed by atoms with van der Waals surface area (Å²) >= 11 is 0. The molecule has 1 aliphatic heterocycles. The molecular weight excluding hydrogens is 414 g/mol. The minimum absolute atomic E-state index is 0.0927. The number of benzene rings is 2. The molecule has 6 nitrogen and oxygen atoms in total. The standard InChI is InChI=1S/C24H26F2N4O2/c1-30-22(7-10-28-30)21-15-20(29-24(31)16-12-17(25)14-18(26)13-16)5-6-23(21)32-11-8-19-4-2-3-9-27-19/h5-7,10,12-15,19,27H,2-4,8-9,11H2,1H3,(H,29,31). The first-order valence-electron chi connectivity index (χ1n) is 10.8. The average molecular weight is 440 g/mol. The summed E-state index contributed by atoms with van der Waals surface area (Å²) in [7, 11) is 1.83. The number of nitrogens with one attached hydrogen (secondary N) is 2. The van der Waals surface area contributed by atoms with Crippen LogP contribution in [0, 0.1) is 11.6 Å². The van der Waals surface area contributed by atoms with E-state index in [4.69, 9.17) is 4.74 Å². The molecule has 8 heteroatoms. The van der Waals surface area contributed by atoms with Gasteiger partial charge in [-0.25, -0.2) is 8.78 Å². The molecule has 1 atom stereocenters. The lowest BCUT2D eigenvalue weighted by Gasteiger charge is -2.23. The molecule has 168 valence electrons. The minimum atomic E-state index is -0.804. The Kier molecular flexibility index (Phi) is 6.80. The monoisotopic (exact) mass is 440 g/mol. The van der Waals surface area contributed by atoms with Crippen molar-refractivity contribution < 1.29 is 18.3 Å². The second kappa shape index (κ2) is 9.91. The predicted molar refractivity (Wildman–Crippen MR) is 119 cm³/mol. The number of nitrogens with zero attached hydrogens (tertiary/aromatic N) is 2. The number of piperidine rings is 1. The van der Waals surface area contributed by atoms with E-state index in [1.165, 1.54) is 12.8 Å². The molecule has 2 N–H and O–H groups in total. The van der Waals surface area contributed by atoms with Gasteiger partial charge in [0.15, 0.2) is 0 Å². The zero-order valence-electron chi connectivity index (χ0n) is 17.9. The zero-order valence-corrected chi connectivity index (χ0v) is 17.9. The number of hydrogen-bond donors (Lipinski definition) is 2. The Hall–Kier alpha value is -3.26. The maximum atomic E-state index is 13.5. The van der Waals surface area contributed by atoms with Crippen molar-refractivity contribution in [1.29, 1.82) is 0 Å². The van der Waals surface area contributed by atoms with E-state index < -0.39 is 17.5 Å². The Labute approximate surface area is 185 Å². The van der Waals surface area contributed by atoms with Crippen LogP contribution in [-0.2, 0) is 7.05 Å². The van der Waals surface area contributed by atoms with Crippen molar-refractivity contribution in [2.75, 3.05) is 18.5 Å². The summed E-state index contributed by atoms with van der Waals surface area (Å²) in [6.07, 6.45) is 6.21. The highest BCUT2D eigenvalue weighted by Crippen LogP contribution is 2.33. The van der Waals surface area contributed by atoms with Crippen molar-refractivity contribution in [3.05, 3.63) is 65.9 Å². The zero-order chi connectivity index (χ0) is 22.5. The van der Waals surface area contributed by atoms with Gasteiger partial charge in [0.1, 0.15) is 17.4 Å². The first-order valence-corrected chi connectivity index (χ1v) is 10.8. The Morgan fingerprint density at radius 3 is 2.69 bits per heavy atom. The van der Waals surface area contributed by atoms with E-state index in [9.17, 15) is 13.6 Å². The van der Waals surface area contributed by atoms with Gasteiger partial charge in [-0.05, 0) is 62.2 Å². The summed E-state index contributed by atoms with van der Waals surface area (Å²) < 4.78 is 34.8. The lowest BCUT2D eigenvalue weighted by Crippen LogP contribution is -2.35. The molecule has 1 fully saturated rings. The molecule has 0 saturated carbocycles. The second-order valence-electron chi connectivity index (χ2n) is 7.95. The molecule has 1 aliphatic rings. The summed E-state index contributed by atoms with van der Waals surface area (Å²) in [5.41, 5.74) is 1.98. The van der Waals surface area contributed by atoms with Crippen molar-refractivity contribution in [3.63, 3.8) is 0 Å². The Morgan fingerprint density at radius 1 is 1.19 bits per heavy atom. The van der Waals surface area contributed by atoms with Crippen molar-refractivity contribution >= 4 is 11.6 Å². The number of anilines is 1. The van der Waals surface area contributed by atoms with Gasteiger partial charge in [-0.15, -0.1) is 0 Å². The Balaban J connectivity index is 1.52. The molecule has 1 unspecified atom stereocenters. The topological polar surface area (TPSA) is 68.2 Å². The van der Waals surface area contributed by atoms with Crippen LogP contribution >= 0.6 is 0 Å². The van der Waals surface area contributed by atoms with Gasteiger partial charge in [0.05, 0.1) is 12.3 Å². The number of ether oxygens (including phenoxy) is 1. The average Bonchev–Trinajstić information content (AvgIpc) is 3.20. The fraction of sp³-hybridized carbons (Fsp3) is 0.333. The molecule has 2 aromatic carbocycles. The van der Waals surface area contributed by atoms with Crippen LogP contribution in [0.2, 0.25) is 0 Å². The molecule has 32 heavy (non-hydrogen) atoms. The van der Waals surface area contributed by atoms with Crippen LogP contribution in [0.4, 0.5) is 14.5 Å². The van der Waals surface area contributed by atoms with Crippen LogP contribution in [0.3, 0.4) is 0 Å². The van der Waals surface area contributed by atoms with Crippen molar-refractivity contribution in [1.82, 2.24) is 15.1 Å². The number of halogens is 2. The van der Waals surface area contributed by atoms with Gasteiger partial charge in [-0.3, -0.25) is 9.48 Å². The molecular formula is C24H26F2N4O2. The molecule has 2 heterocycles. The molecule has 0 radical (unpaired) electrons. The molecule has 1 saturated heterocycles. The lowest BCUT2D eigenvalue weighted by molar-refractivity contribution is 0.102. The second-order valence-corrected chi connectivity index (χ2v) is 7.95. The summed E-state index contributed by atoms with van der Waals surface area (Å²) in [4.78, 5) is 12.5. The van der Waals surface area contributed by atoms with Crippen LogP contribution in [0.15, 0.2) is 48.7 Å². The number of carbonyl (C=O) groups excluding carboxylic acids is 1. The van der Waals surface area contributed by atoms with E-state index in [0.29, 0.717) is 24.1 Å². The van der Waals surface area contributed by atoms with Crippen molar-refractivity contribution in [2.24, 2.45) is 7.05 Å². The minimum Gasteiger partial charge on any atom is -0.493 e. The van der Waals surface area contributed by atoms with Gasteiger partial charge in [0, 0.05) is 42.2 Å². The first kappa shape index (κ1) is 22.0.